The molecule has 0 bridgehead atoms. The maximum absolute atomic E-state index is 5.48. The van der Waals surface area contributed by atoms with Gasteiger partial charge in [-0.3, -0.25) is 4.99 Å². The Morgan fingerprint density at radius 1 is 1.38 bits per heavy atom. The molecular formula is C11H10BrNO3. The summed E-state index contributed by atoms with van der Waals surface area (Å²) in [4.78, 5) is 4.27. The molecular weight excluding hydrogens is 274 g/mol. The van der Waals surface area contributed by atoms with Crippen LogP contribution in [0.4, 0.5) is 0 Å². The number of nitrogens with zero attached hydrogens (tertiary/aromatic N) is 1. The Morgan fingerprint density at radius 2 is 2.19 bits per heavy atom. The summed E-state index contributed by atoms with van der Waals surface area (Å²) >= 11 is 3.56. The van der Waals surface area contributed by atoms with E-state index >= 15 is 0 Å². The molecule has 2 aliphatic heterocycles. The highest BCUT2D eigenvalue weighted by molar-refractivity contribution is 9.10. The minimum Gasteiger partial charge on any atom is -0.492 e. The van der Waals surface area contributed by atoms with Crippen molar-refractivity contribution in [3.63, 3.8) is 0 Å². The quantitative estimate of drug-likeness (QED) is 0.793. The second kappa shape index (κ2) is 3.66. The minimum absolute atomic E-state index is 0.239. The van der Waals surface area contributed by atoms with Crippen molar-refractivity contribution in [2.24, 2.45) is 4.99 Å². The predicted molar refractivity (Wildman–Crippen MR) is 63.0 cm³/mol. The molecule has 0 aromatic heterocycles. The third kappa shape index (κ3) is 1.24. The summed E-state index contributed by atoms with van der Waals surface area (Å²) in [7, 11) is 1.63. The van der Waals surface area contributed by atoms with Gasteiger partial charge in [-0.05, 0) is 27.9 Å². The zero-order valence-corrected chi connectivity index (χ0v) is 10.3. The summed E-state index contributed by atoms with van der Waals surface area (Å²) in [5.41, 5.74) is 2.18. The van der Waals surface area contributed by atoms with Crippen LogP contribution in [0.2, 0.25) is 0 Å². The number of aliphatic imine (C=N–C) groups is 1. The Hall–Kier alpha value is -1.23. The van der Waals surface area contributed by atoms with Gasteiger partial charge in [0.1, 0.15) is 0 Å². The summed E-state index contributed by atoms with van der Waals surface area (Å²) in [5.74, 6) is 2.13. The number of hydrogen-bond acceptors (Lipinski definition) is 4. The smallest absolute Gasteiger partial charge is 0.231 e. The van der Waals surface area contributed by atoms with Crippen molar-refractivity contribution < 1.29 is 14.2 Å². The van der Waals surface area contributed by atoms with Crippen LogP contribution in [0, 0.1) is 0 Å². The SMILES string of the molecule is COc1c(Br)c2c(c3c1OCO3)C=NCC2. The van der Waals surface area contributed by atoms with Crippen LogP contribution in [0.5, 0.6) is 17.2 Å². The van der Waals surface area contributed by atoms with Crippen molar-refractivity contribution in [1.29, 1.82) is 0 Å². The van der Waals surface area contributed by atoms with Crippen LogP contribution in [0.15, 0.2) is 9.47 Å². The van der Waals surface area contributed by atoms with Crippen molar-refractivity contribution >= 4 is 22.1 Å². The third-order valence-corrected chi connectivity index (χ3v) is 3.61. The summed E-state index contributed by atoms with van der Waals surface area (Å²) in [5, 5.41) is 0. The van der Waals surface area contributed by atoms with Gasteiger partial charge in [0.25, 0.3) is 0 Å². The molecule has 5 heteroatoms. The van der Waals surface area contributed by atoms with E-state index in [1.807, 2.05) is 6.21 Å². The van der Waals surface area contributed by atoms with E-state index in [1.54, 1.807) is 7.11 Å². The van der Waals surface area contributed by atoms with Crippen LogP contribution in [-0.4, -0.2) is 26.7 Å². The van der Waals surface area contributed by atoms with Crippen molar-refractivity contribution in [2.45, 2.75) is 6.42 Å². The monoisotopic (exact) mass is 283 g/mol. The molecule has 0 saturated heterocycles. The maximum atomic E-state index is 5.48. The van der Waals surface area contributed by atoms with E-state index in [0.717, 1.165) is 28.8 Å². The van der Waals surface area contributed by atoms with Crippen LogP contribution in [0.3, 0.4) is 0 Å². The molecule has 0 atom stereocenters. The van der Waals surface area contributed by atoms with Gasteiger partial charge in [-0.2, -0.15) is 0 Å². The molecule has 3 rings (SSSR count). The molecule has 1 aromatic carbocycles. The number of methoxy groups -OCH3 is 1. The average Bonchev–Trinajstić information content (AvgIpc) is 2.79. The number of benzene rings is 1. The third-order valence-electron chi connectivity index (χ3n) is 2.77. The Kier molecular flexibility index (Phi) is 2.28. The summed E-state index contributed by atoms with van der Waals surface area (Å²) in [6, 6.07) is 0. The summed E-state index contributed by atoms with van der Waals surface area (Å²) in [6.07, 6.45) is 2.73. The molecule has 0 fully saturated rings. The lowest BCUT2D eigenvalue weighted by atomic mass is 10.0. The van der Waals surface area contributed by atoms with E-state index in [-0.39, 0.29) is 6.79 Å². The average molecular weight is 284 g/mol. The van der Waals surface area contributed by atoms with Crippen molar-refractivity contribution in [3.8, 4) is 17.2 Å². The molecule has 0 aliphatic carbocycles. The van der Waals surface area contributed by atoms with Crippen LogP contribution < -0.4 is 14.2 Å². The number of hydrogen-bond donors (Lipinski definition) is 0. The molecule has 16 heavy (non-hydrogen) atoms. The largest absolute Gasteiger partial charge is 0.492 e. The van der Waals surface area contributed by atoms with E-state index in [2.05, 4.69) is 20.9 Å². The molecule has 0 radical (unpaired) electrons. The molecule has 0 spiro atoms. The van der Waals surface area contributed by atoms with Crippen LogP contribution >= 0.6 is 15.9 Å². The van der Waals surface area contributed by atoms with Crippen molar-refractivity contribution in [2.75, 3.05) is 20.4 Å². The number of rotatable bonds is 1. The molecule has 2 aliphatic rings. The number of halogens is 1. The van der Waals surface area contributed by atoms with Gasteiger partial charge in [-0.15, -0.1) is 0 Å². The first-order valence-corrected chi connectivity index (χ1v) is 5.80. The van der Waals surface area contributed by atoms with Gasteiger partial charge in [0.05, 0.1) is 11.6 Å². The van der Waals surface area contributed by atoms with Gasteiger partial charge >= 0.3 is 0 Å². The number of fused-ring (bicyclic) bond motifs is 3. The van der Waals surface area contributed by atoms with Crippen LogP contribution in [0.1, 0.15) is 11.1 Å². The Morgan fingerprint density at radius 3 is 3.00 bits per heavy atom. The minimum atomic E-state index is 0.239. The second-order valence-corrected chi connectivity index (χ2v) is 4.38. The first-order chi connectivity index (χ1) is 7.83. The van der Waals surface area contributed by atoms with E-state index in [4.69, 9.17) is 14.2 Å². The Bertz CT molecular complexity index is 485. The van der Waals surface area contributed by atoms with Crippen LogP contribution in [-0.2, 0) is 6.42 Å². The van der Waals surface area contributed by atoms with Gasteiger partial charge in [0.2, 0.25) is 12.5 Å². The molecule has 0 saturated carbocycles. The fourth-order valence-corrected chi connectivity index (χ4v) is 2.79. The highest BCUT2D eigenvalue weighted by atomic mass is 79.9. The van der Waals surface area contributed by atoms with E-state index in [0.29, 0.717) is 11.5 Å². The first-order valence-electron chi connectivity index (χ1n) is 5.00. The van der Waals surface area contributed by atoms with E-state index in [1.165, 1.54) is 5.56 Å². The van der Waals surface area contributed by atoms with E-state index < -0.39 is 0 Å². The highest BCUT2D eigenvalue weighted by Crippen LogP contribution is 2.50. The summed E-state index contributed by atoms with van der Waals surface area (Å²) < 4.78 is 17.2. The molecule has 0 N–H and O–H groups in total. The van der Waals surface area contributed by atoms with Gasteiger partial charge in [0.15, 0.2) is 11.5 Å². The number of ether oxygens (including phenoxy) is 3. The second-order valence-electron chi connectivity index (χ2n) is 3.59. The highest BCUT2D eigenvalue weighted by Gasteiger charge is 2.29. The molecule has 0 unspecified atom stereocenters. The van der Waals surface area contributed by atoms with Crippen molar-refractivity contribution in [3.05, 3.63) is 15.6 Å². The van der Waals surface area contributed by atoms with Crippen molar-refractivity contribution in [1.82, 2.24) is 0 Å². The van der Waals surface area contributed by atoms with E-state index in [9.17, 15) is 0 Å². The lowest BCUT2D eigenvalue weighted by Gasteiger charge is -2.17. The van der Waals surface area contributed by atoms with Gasteiger partial charge in [-0.1, -0.05) is 0 Å². The molecule has 2 heterocycles. The van der Waals surface area contributed by atoms with Gasteiger partial charge in [0, 0.05) is 18.3 Å². The Balaban J connectivity index is 2.32. The van der Waals surface area contributed by atoms with Gasteiger partial charge in [-0.25, -0.2) is 0 Å². The molecule has 84 valence electrons. The Labute approximate surface area is 101 Å². The lowest BCUT2D eigenvalue weighted by molar-refractivity contribution is 0.171. The first kappa shape index (κ1) is 9.96. The fourth-order valence-electron chi connectivity index (χ4n) is 2.03. The molecule has 0 amide bonds. The normalized spacial score (nSPS) is 16.1. The lowest BCUT2D eigenvalue weighted by Crippen LogP contribution is -2.06. The maximum Gasteiger partial charge on any atom is 0.231 e. The van der Waals surface area contributed by atoms with Gasteiger partial charge < -0.3 is 14.2 Å². The predicted octanol–water partition coefficient (Wildman–Crippen LogP) is 2.16. The van der Waals surface area contributed by atoms with Crippen LogP contribution in [0.25, 0.3) is 0 Å². The zero-order valence-electron chi connectivity index (χ0n) is 8.75. The standard InChI is InChI=1S/C11H10BrNO3/c1-14-10-8(12)6-2-3-13-4-7(6)9-11(10)16-5-15-9/h4H,2-3,5H2,1H3. The topological polar surface area (TPSA) is 40.0 Å². The fraction of sp³-hybridized carbons (Fsp3) is 0.364. The molecule has 4 nitrogen and oxygen atoms in total. The molecule has 1 aromatic rings. The summed E-state index contributed by atoms with van der Waals surface area (Å²) in [6.45, 7) is 1.04. The zero-order chi connectivity index (χ0) is 11.1.